The van der Waals surface area contributed by atoms with E-state index in [0.717, 1.165) is 0 Å². The second kappa shape index (κ2) is 9.23. The highest BCUT2D eigenvalue weighted by molar-refractivity contribution is 5.76. The Labute approximate surface area is 126 Å². The summed E-state index contributed by atoms with van der Waals surface area (Å²) < 4.78 is 16.3. The van der Waals surface area contributed by atoms with E-state index in [4.69, 9.17) is 14.2 Å². The standard InChI is InChI=1S/C16H25NO4/c1-5-19-14-9-7-8-10-15(14)21-11-13(17-12(3)4)16(18)20-6-2/h7-10,12-13,17H,5-6,11H2,1-4H3. The molecule has 0 radical (unpaired) electrons. The molecular weight excluding hydrogens is 270 g/mol. The molecule has 0 aliphatic rings. The molecule has 1 aromatic rings. The number of ether oxygens (including phenoxy) is 3. The van der Waals surface area contributed by atoms with Gasteiger partial charge in [-0.05, 0) is 26.0 Å². The number of hydrogen-bond donors (Lipinski definition) is 1. The van der Waals surface area contributed by atoms with Gasteiger partial charge >= 0.3 is 5.97 Å². The summed E-state index contributed by atoms with van der Waals surface area (Å²) in [6.45, 7) is 8.76. The molecule has 0 heterocycles. The van der Waals surface area contributed by atoms with E-state index in [0.29, 0.717) is 24.7 Å². The van der Waals surface area contributed by atoms with Gasteiger partial charge in [-0.15, -0.1) is 0 Å². The monoisotopic (exact) mass is 295 g/mol. The summed E-state index contributed by atoms with van der Waals surface area (Å²) in [5.74, 6) is 0.992. The molecule has 0 spiro atoms. The predicted octanol–water partition coefficient (Wildman–Crippen LogP) is 2.39. The number of carbonyl (C=O) groups excluding carboxylic acids is 1. The normalized spacial score (nSPS) is 12.0. The number of esters is 1. The molecule has 21 heavy (non-hydrogen) atoms. The van der Waals surface area contributed by atoms with Crippen molar-refractivity contribution in [3.8, 4) is 11.5 Å². The first-order chi connectivity index (χ1) is 10.1. The van der Waals surface area contributed by atoms with Crippen LogP contribution in [-0.4, -0.2) is 37.9 Å². The number of carbonyl (C=O) groups is 1. The van der Waals surface area contributed by atoms with E-state index in [1.165, 1.54) is 0 Å². The zero-order chi connectivity index (χ0) is 15.7. The number of hydrogen-bond acceptors (Lipinski definition) is 5. The molecule has 1 rings (SSSR count). The molecule has 0 aliphatic carbocycles. The lowest BCUT2D eigenvalue weighted by Crippen LogP contribution is -2.45. The fourth-order valence-corrected chi connectivity index (χ4v) is 1.85. The van der Waals surface area contributed by atoms with Crippen molar-refractivity contribution in [3.63, 3.8) is 0 Å². The van der Waals surface area contributed by atoms with E-state index in [1.807, 2.05) is 45.0 Å². The molecule has 1 unspecified atom stereocenters. The van der Waals surface area contributed by atoms with E-state index in [1.54, 1.807) is 6.92 Å². The Bertz CT molecular complexity index is 434. The van der Waals surface area contributed by atoms with E-state index >= 15 is 0 Å². The summed E-state index contributed by atoms with van der Waals surface area (Å²) in [6, 6.07) is 7.07. The van der Waals surface area contributed by atoms with Gasteiger partial charge in [0.1, 0.15) is 12.6 Å². The first kappa shape index (κ1) is 17.3. The molecule has 0 fully saturated rings. The molecule has 5 heteroatoms. The van der Waals surface area contributed by atoms with Gasteiger partial charge in [0.2, 0.25) is 0 Å². The Balaban J connectivity index is 2.69. The first-order valence-electron chi connectivity index (χ1n) is 7.35. The number of benzene rings is 1. The summed E-state index contributed by atoms with van der Waals surface area (Å²) in [4.78, 5) is 11.9. The number of nitrogens with one attached hydrogen (secondary N) is 1. The van der Waals surface area contributed by atoms with Crippen molar-refractivity contribution in [3.05, 3.63) is 24.3 Å². The van der Waals surface area contributed by atoms with Gasteiger partial charge in [-0.1, -0.05) is 26.0 Å². The molecular formula is C16H25NO4. The smallest absolute Gasteiger partial charge is 0.326 e. The summed E-state index contributed by atoms with van der Waals surface area (Å²) >= 11 is 0. The van der Waals surface area contributed by atoms with Crippen molar-refractivity contribution in [2.24, 2.45) is 0 Å². The SMILES string of the molecule is CCOC(=O)C(COc1ccccc1OCC)NC(C)C. The topological polar surface area (TPSA) is 56.8 Å². The van der Waals surface area contributed by atoms with Crippen molar-refractivity contribution in [2.45, 2.75) is 39.8 Å². The van der Waals surface area contributed by atoms with Crippen molar-refractivity contribution in [1.29, 1.82) is 0 Å². The van der Waals surface area contributed by atoms with Crippen LogP contribution in [0.2, 0.25) is 0 Å². The van der Waals surface area contributed by atoms with Gasteiger partial charge in [-0.2, -0.15) is 0 Å². The Morgan fingerprint density at radius 1 is 1.10 bits per heavy atom. The van der Waals surface area contributed by atoms with Crippen LogP contribution in [0.25, 0.3) is 0 Å². The van der Waals surface area contributed by atoms with Gasteiger partial charge in [0.05, 0.1) is 13.2 Å². The van der Waals surface area contributed by atoms with Gasteiger partial charge in [0, 0.05) is 6.04 Å². The van der Waals surface area contributed by atoms with Crippen LogP contribution < -0.4 is 14.8 Å². The van der Waals surface area contributed by atoms with E-state index in [-0.39, 0.29) is 18.6 Å². The van der Waals surface area contributed by atoms with E-state index < -0.39 is 6.04 Å². The van der Waals surface area contributed by atoms with Crippen LogP contribution in [0.15, 0.2) is 24.3 Å². The van der Waals surface area contributed by atoms with E-state index in [2.05, 4.69) is 5.32 Å². The van der Waals surface area contributed by atoms with Gasteiger partial charge in [0.25, 0.3) is 0 Å². The molecule has 5 nitrogen and oxygen atoms in total. The first-order valence-corrected chi connectivity index (χ1v) is 7.35. The average Bonchev–Trinajstić information content (AvgIpc) is 2.45. The van der Waals surface area contributed by atoms with Crippen LogP contribution in [0.3, 0.4) is 0 Å². The number of para-hydroxylation sites is 2. The third kappa shape index (κ3) is 6.04. The minimum atomic E-state index is -0.500. The molecule has 0 saturated heterocycles. The van der Waals surface area contributed by atoms with Crippen LogP contribution in [0.4, 0.5) is 0 Å². The maximum absolute atomic E-state index is 11.9. The highest BCUT2D eigenvalue weighted by atomic mass is 16.5. The Morgan fingerprint density at radius 3 is 2.24 bits per heavy atom. The minimum absolute atomic E-state index is 0.158. The van der Waals surface area contributed by atoms with Crippen LogP contribution in [0.5, 0.6) is 11.5 Å². The van der Waals surface area contributed by atoms with Crippen LogP contribution in [0.1, 0.15) is 27.7 Å². The predicted molar refractivity (Wildman–Crippen MR) is 81.8 cm³/mol. The molecule has 0 bridgehead atoms. The van der Waals surface area contributed by atoms with Gasteiger partial charge < -0.3 is 14.2 Å². The lowest BCUT2D eigenvalue weighted by Gasteiger charge is -2.20. The second-order valence-electron chi connectivity index (χ2n) is 4.82. The van der Waals surface area contributed by atoms with Gasteiger partial charge in [0.15, 0.2) is 11.5 Å². The lowest BCUT2D eigenvalue weighted by atomic mass is 10.2. The summed E-state index contributed by atoms with van der Waals surface area (Å²) in [6.07, 6.45) is 0. The molecule has 0 saturated carbocycles. The van der Waals surface area contributed by atoms with Crippen molar-refractivity contribution in [2.75, 3.05) is 19.8 Å². The Morgan fingerprint density at radius 2 is 1.71 bits per heavy atom. The van der Waals surface area contributed by atoms with Crippen LogP contribution in [0, 0.1) is 0 Å². The largest absolute Gasteiger partial charge is 0.490 e. The third-order valence-electron chi connectivity index (χ3n) is 2.66. The van der Waals surface area contributed by atoms with Gasteiger partial charge in [-0.25, -0.2) is 0 Å². The molecule has 118 valence electrons. The lowest BCUT2D eigenvalue weighted by molar-refractivity contribution is -0.146. The van der Waals surface area contributed by atoms with Crippen molar-refractivity contribution in [1.82, 2.24) is 5.32 Å². The zero-order valence-electron chi connectivity index (χ0n) is 13.2. The highest BCUT2D eigenvalue weighted by Gasteiger charge is 2.21. The molecule has 0 aliphatic heterocycles. The maximum Gasteiger partial charge on any atom is 0.326 e. The third-order valence-corrected chi connectivity index (χ3v) is 2.66. The molecule has 1 N–H and O–H groups in total. The number of rotatable bonds is 9. The van der Waals surface area contributed by atoms with Crippen molar-refractivity contribution < 1.29 is 19.0 Å². The minimum Gasteiger partial charge on any atom is -0.490 e. The second-order valence-corrected chi connectivity index (χ2v) is 4.82. The molecule has 1 atom stereocenters. The maximum atomic E-state index is 11.9. The quantitative estimate of drug-likeness (QED) is 0.709. The Kier molecular flexibility index (Phi) is 7.61. The average molecular weight is 295 g/mol. The summed E-state index contributed by atoms with van der Waals surface area (Å²) in [7, 11) is 0. The fourth-order valence-electron chi connectivity index (χ4n) is 1.85. The summed E-state index contributed by atoms with van der Waals surface area (Å²) in [5.41, 5.74) is 0. The molecule has 1 aromatic carbocycles. The summed E-state index contributed by atoms with van der Waals surface area (Å²) in [5, 5.41) is 3.15. The molecule has 0 amide bonds. The molecule has 0 aromatic heterocycles. The van der Waals surface area contributed by atoms with Crippen molar-refractivity contribution >= 4 is 5.97 Å². The van der Waals surface area contributed by atoms with Crippen LogP contribution in [-0.2, 0) is 9.53 Å². The van der Waals surface area contributed by atoms with Gasteiger partial charge in [-0.3, -0.25) is 10.1 Å². The zero-order valence-corrected chi connectivity index (χ0v) is 13.2. The highest BCUT2D eigenvalue weighted by Crippen LogP contribution is 2.26. The van der Waals surface area contributed by atoms with E-state index in [9.17, 15) is 4.79 Å². The Hall–Kier alpha value is -1.75. The van der Waals surface area contributed by atoms with Crippen LogP contribution >= 0.6 is 0 Å². The fraction of sp³-hybridized carbons (Fsp3) is 0.562.